The molecule has 1 aromatic rings. The van der Waals surface area contributed by atoms with Crippen LogP contribution in [0.4, 0.5) is 0 Å². The molecule has 0 bridgehead atoms. The molecule has 0 amide bonds. The van der Waals surface area contributed by atoms with Gasteiger partial charge in [-0.2, -0.15) is 9.57 Å². The second kappa shape index (κ2) is 5.47. The number of hydrogen-bond donors (Lipinski definition) is 1. The number of halogens is 1. The third kappa shape index (κ3) is 2.74. The van der Waals surface area contributed by atoms with Gasteiger partial charge in [0.25, 0.3) is 0 Å². The fourth-order valence-electron chi connectivity index (χ4n) is 2.11. The molecular weight excluding hydrogens is 288 g/mol. The van der Waals surface area contributed by atoms with Crippen LogP contribution < -0.4 is 0 Å². The maximum Gasteiger partial charge on any atom is 0.244 e. The normalized spacial score (nSPS) is 21.0. The van der Waals surface area contributed by atoms with Crippen molar-refractivity contribution in [3.05, 3.63) is 28.8 Å². The highest BCUT2D eigenvalue weighted by atomic mass is 35.5. The van der Waals surface area contributed by atoms with Gasteiger partial charge in [0.05, 0.1) is 16.7 Å². The molecule has 1 heterocycles. The molecule has 0 saturated carbocycles. The molecule has 102 valence electrons. The van der Waals surface area contributed by atoms with Crippen molar-refractivity contribution in [1.82, 2.24) is 4.31 Å². The highest BCUT2D eigenvalue weighted by Crippen LogP contribution is 2.27. The number of nitriles is 1. The van der Waals surface area contributed by atoms with Crippen LogP contribution in [0.2, 0.25) is 5.02 Å². The van der Waals surface area contributed by atoms with Crippen molar-refractivity contribution in [3.63, 3.8) is 0 Å². The lowest BCUT2D eigenvalue weighted by Gasteiger charge is -2.29. The lowest BCUT2D eigenvalue weighted by Crippen LogP contribution is -2.42. The fraction of sp³-hybridized carbons (Fsp3) is 0.417. The second-order valence-electron chi connectivity index (χ2n) is 4.38. The number of β-amino-alcohol motifs (C(OH)–C–C–N with tert-alkyl or cyclic N) is 1. The van der Waals surface area contributed by atoms with Gasteiger partial charge in [0.1, 0.15) is 11.0 Å². The molecule has 0 spiro atoms. The van der Waals surface area contributed by atoms with E-state index in [9.17, 15) is 13.5 Å². The quantitative estimate of drug-likeness (QED) is 0.894. The minimum absolute atomic E-state index is 0.0516. The van der Waals surface area contributed by atoms with E-state index in [1.165, 1.54) is 22.5 Å². The number of aliphatic hydroxyl groups is 1. The Balaban J connectivity index is 2.46. The molecule has 0 aromatic heterocycles. The average molecular weight is 301 g/mol. The summed E-state index contributed by atoms with van der Waals surface area (Å²) in [4.78, 5) is -0.100. The van der Waals surface area contributed by atoms with Gasteiger partial charge in [-0.3, -0.25) is 0 Å². The van der Waals surface area contributed by atoms with Crippen LogP contribution in [0.3, 0.4) is 0 Å². The Morgan fingerprint density at radius 2 is 2.21 bits per heavy atom. The van der Waals surface area contributed by atoms with Crippen LogP contribution in [-0.4, -0.2) is 37.0 Å². The Hall–Kier alpha value is -1.13. The zero-order valence-corrected chi connectivity index (χ0v) is 11.7. The largest absolute Gasteiger partial charge is 0.392 e. The van der Waals surface area contributed by atoms with Crippen LogP contribution in [-0.2, 0) is 10.0 Å². The van der Waals surface area contributed by atoms with Gasteiger partial charge in [-0.1, -0.05) is 17.7 Å². The van der Waals surface area contributed by atoms with Crippen LogP contribution >= 0.6 is 11.6 Å². The first-order valence-corrected chi connectivity index (χ1v) is 7.65. The molecule has 5 nitrogen and oxygen atoms in total. The van der Waals surface area contributed by atoms with Crippen LogP contribution in [0.5, 0.6) is 0 Å². The van der Waals surface area contributed by atoms with E-state index in [-0.39, 0.29) is 22.0 Å². The molecule has 19 heavy (non-hydrogen) atoms. The second-order valence-corrected chi connectivity index (χ2v) is 6.70. The Bertz CT molecular complexity index is 624. The minimum atomic E-state index is -3.79. The van der Waals surface area contributed by atoms with Gasteiger partial charge in [-0.15, -0.1) is 0 Å². The molecule has 0 aliphatic carbocycles. The molecule has 1 saturated heterocycles. The molecule has 7 heteroatoms. The zero-order chi connectivity index (χ0) is 14.0. The van der Waals surface area contributed by atoms with Crippen LogP contribution in [0, 0.1) is 11.3 Å². The summed E-state index contributed by atoms with van der Waals surface area (Å²) >= 11 is 5.85. The minimum Gasteiger partial charge on any atom is -0.392 e. The Labute approximate surface area is 117 Å². The number of benzene rings is 1. The van der Waals surface area contributed by atoms with Crippen LogP contribution in [0.25, 0.3) is 0 Å². The molecule has 0 radical (unpaired) electrons. The molecule has 1 atom stereocenters. The van der Waals surface area contributed by atoms with Gasteiger partial charge < -0.3 is 5.11 Å². The summed E-state index contributed by atoms with van der Waals surface area (Å²) in [6, 6.07) is 6.15. The maximum atomic E-state index is 12.5. The van der Waals surface area contributed by atoms with Gasteiger partial charge in [-0.05, 0) is 25.0 Å². The number of aliphatic hydroxyl groups excluding tert-OH is 1. The molecule has 2 rings (SSSR count). The van der Waals surface area contributed by atoms with Crippen molar-refractivity contribution in [2.24, 2.45) is 0 Å². The van der Waals surface area contributed by atoms with Gasteiger partial charge >= 0.3 is 0 Å². The molecular formula is C12H13ClN2O3S. The summed E-state index contributed by atoms with van der Waals surface area (Å²) < 4.78 is 26.1. The first-order valence-electron chi connectivity index (χ1n) is 5.83. The molecule has 1 fully saturated rings. The fourth-order valence-corrected chi connectivity index (χ4v) is 4.06. The summed E-state index contributed by atoms with van der Waals surface area (Å²) in [6.07, 6.45) is 0.531. The smallest absolute Gasteiger partial charge is 0.244 e. The van der Waals surface area contributed by atoms with Crippen molar-refractivity contribution in [2.45, 2.75) is 23.8 Å². The first kappa shape index (κ1) is 14.3. The SMILES string of the molecule is N#Cc1c(Cl)cccc1S(=O)(=O)N1CCCC(O)C1. The molecule has 1 N–H and O–H groups in total. The van der Waals surface area contributed by atoms with E-state index >= 15 is 0 Å². The van der Waals surface area contributed by atoms with E-state index < -0.39 is 16.1 Å². The molecule has 1 aliphatic heterocycles. The number of sulfonamides is 1. The summed E-state index contributed by atoms with van der Waals surface area (Å²) in [6.45, 7) is 0.399. The highest BCUT2D eigenvalue weighted by molar-refractivity contribution is 7.89. The lowest BCUT2D eigenvalue weighted by atomic mass is 10.1. The van der Waals surface area contributed by atoms with E-state index in [0.29, 0.717) is 19.4 Å². The Kier molecular flexibility index (Phi) is 4.11. The van der Waals surface area contributed by atoms with Crippen molar-refractivity contribution >= 4 is 21.6 Å². The van der Waals surface area contributed by atoms with Crippen LogP contribution in [0.1, 0.15) is 18.4 Å². The van der Waals surface area contributed by atoms with Gasteiger partial charge in [0.15, 0.2) is 0 Å². The summed E-state index contributed by atoms with van der Waals surface area (Å²) in [7, 11) is -3.79. The first-order chi connectivity index (χ1) is 8.96. The number of rotatable bonds is 2. The van der Waals surface area contributed by atoms with E-state index in [4.69, 9.17) is 16.9 Å². The molecule has 1 unspecified atom stereocenters. The topological polar surface area (TPSA) is 81.4 Å². The van der Waals surface area contributed by atoms with Gasteiger partial charge in [-0.25, -0.2) is 8.42 Å². The predicted molar refractivity (Wildman–Crippen MR) is 70.2 cm³/mol. The lowest BCUT2D eigenvalue weighted by molar-refractivity contribution is 0.108. The Morgan fingerprint density at radius 1 is 1.47 bits per heavy atom. The number of piperidine rings is 1. The van der Waals surface area contributed by atoms with Crippen molar-refractivity contribution in [2.75, 3.05) is 13.1 Å². The molecule has 1 aliphatic rings. The summed E-state index contributed by atoms with van der Waals surface area (Å²) in [5.41, 5.74) is -0.0516. The third-order valence-corrected chi connectivity index (χ3v) is 5.29. The average Bonchev–Trinajstić information content (AvgIpc) is 2.38. The predicted octanol–water partition coefficient (Wildman–Crippen LogP) is 1.36. The van der Waals surface area contributed by atoms with Gasteiger partial charge in [0.2, 0.25) is 10.0 Å². The van der Waals surface area contributed by atoms with Crippen LogP contribution in [0.15, 0.2) is 23.1 Å². The standard InChI is InChI=1S/C12H13ClN2O3S/c13-11-4-1-5-12(10(11)7-14)19(17,18)15-6-2-3-9(16)8-15/h1,4-5,9,16H,2-3,6,8H2. The maximum absolute atomic E-state index is 12.5. The van der Waals surface area contributed by atoms with E-state index in [0.717, 1.165) is 0 Å². The van der Waals surface area contributed by atoms with E-state index in [2.05, 4.69) is 0 Å². The van der Waals surface area contributed by atoms with Crippen molar-refractivity contribution in [1.29, 1.82) is 5.26 Å². The summed E-state index contributed by atoms with van der Waals surface area (Å²) in [5.74, 6) is 0. The highest BCUT2D eigenvalue weighted by Gasteiger charge is 2.31. The van der Waals surface area contributed by atoms with Crippen molar-refractivity contribution < 1.29 is 13.5 Å². The van der Waals surface area contributed by atoms with Crippen molar-refractivity contribution in [3.8, 4) is 6.07 Å². The van der Waals surface area contributed by atoms with E-state index in [1.807, 2.05) is 6.07 Å². The van der Waals surface area contributed by atoms with Gasteiger partial charge in [0, 0.05) is 13.1 Å². The number of hydrogen-bond acceptors (Lipinski definition) is 4. The number of nitrogens with zero attached hydrogens (tertiary/aromatic N) is 2. The zero-order valence-electron chi connectivity index (χ0n) is 10.1. The third-order valence-electron chi connectivity index (χ3n) is 3.06. The van der Waals surface area contributed by atoms with E-state index in [1.54, 1.807) is 0 Å². The summed E-state index contributed by atoms with van der Waals surface area (Å²) in [5, 5.41) is 18.7. The molecule has 1 aromatic carbocycles. The Morgan fingerprint density at radius 3 is 2.84 bits per heavy atom. The monoisotopic (exact) mass is 300 g/mol.